The molecule has 0 aliphatic rings. The van der Waals surface area contributed by atoms with Gasteiger partial charge in [0, 0.05) is 13.0 Å². The van der Waals surface area contributed by atoms with E-state index in [1.54, 1.807) is 6.20 Å². The summed E-state index contributed by atoms with van der Waals surface area (Å²) in [6.07, 6.45) is 2.61. The zero-order valence-electron chi connectivity index (χ0n) is 12.4. The first-order chi connectivity index (χ1) is 10.4. The molecule has 0 saturated heterocycles. The zero-order valence-corrected chi connectivity index (χ0v) is 12.4. The SMILES string of the molecule is CCNCc1ccc(OCCCOc2ccccc2)cn1. The number of ether oxygens (including phenoxy) is 2. The molecule has 2 aromatic rings. The largest absolute Gasteiger partial charge is 0.493 e. The van der Waals surface area contributed by atoms with Gasteiger partial charge in [0.25, 0.3) is 0 Å². The van der Waals surface area contributed by atoms with E-state index < -0.39 is 0 Å². The summed E-state index contributed by atoms with van der Waals surface area (Å²) in [5, 5.41) is 3.24. The Kier molecular flexibility index (Phi) is 6.55. The third-order valence-electron chi connectivity index (χ3n) is 2.92. The van der Waals surface area contributed by atoms with Crippen molar-refractivity contribution in [2.45, 2.75) is 19.9 Å². The Labute approximate surface area is 126 Å². The van der Waals surface area contributed by atoms with Crippen LogP contribution in [-0.2, 0) is 6.54 Å². The highest BCUT2D eigenvalue weighted by molar-refractivity contribution is 5.21. The molecule has 112 valence electrons. The summed E-state index contributed by atoms with van der Waals surface area (Å²) in [5.41, 5.74) is 1.02. The van der Waals surface area contributed by atoms with Gasteiger partial charge in [-0.1, -0.05) is 25.1 Å². The highest BCUT2D eigenvalue weighted by Crippen LogP contribution is 2.11. The van der Waals surface area contributed by atoms with Gasteiger partial charge in [0.1, 0.15) is 11.5 Å². The highest BCUT2D eigenvalue weighted by Gasteiger charge is 1.97. The van der Waals surface area contributed by atoms with Crippen LogP contribution in [0.4, 0.5) is 0 Å². The van der Waals surface area contributed by atoms with Crippen LogP contribution in [0.3, 0.4) is 0 Å². The molecule has 0 fully saturated rings. The number of para-hydroxylation sites is 1. The first kappa shape index (κ1) is 15.3. The van der Waals surface area contributed by atoms with Crippen molar-refractivity contribution in [1.82, 2.24) is 10.3 Å². The Bertz CT molecular complexity index is 500. The molecule has 1 aromatic heterocycles. The predicted molar refractivity (Wildman–Crippen MR) is 83.7 cm³/mol. The normalized spacial score (nSPS) is 10.3. The van der Waals surface area contributed by atoms with Gasteiger partial charge in [-0.15, -0.1) is 0 Å². The number of nitrogens with one attached hydrogen (secondary N) is 1. The van der Waals surface area contributed by atoms with Gasteiger partial charge in [0.15, 0.2) is 0 Å². The minimum Gasteiger partial charge on any atom is -0.493 e. The van der Waals surface area contributed by atoms with Crippen LogP contribution in [0.15, 0.2) is 48.7 Å². The van der Waals surface area contributed by atoms with Crippen molar-refractivity contribution in [3.8, 4) is 11.5 Å². The van der Waals surface area contributed by atoms with Crippen LogP contribution in [0.5, 0.6) is 11.5 Å². The molecular formula is C17H22N2O2. The van der Waals surface area contributed by atoms with Gasteiger partial charge in [-0.3, -0.25) is 4.98 Å². The quantitative estimate of drug-likeness (QED) is 0.720. The molecule has 0 unspecified atom stereocenters. The molecule has 0 bridgehead atoms. The first-order valence-corrected chi connectivity index (χ1v) is 7.35. The lowest BCUT2D eigenvalue weighted by Crippen LogP contribution is -2.12. The van der Waals surface area contributed by atoms with Crippen molar-refractivity contribution in [3.05, 3.63) is 54.4 Å². The van der Waals surface area contributed by atoms with Crippen molar-refractivity contribution in [2.75, 3.05) is 19.8 Å². The van der Waals surface area contributed by atoms with Gasteiger partial charge in [-0.25, -0.2) is 0 Å². The monoisotopic (exact) mass is 286 g/mol. The molecule has 1 N–H and O–H groups in total. The van der Waals surface area contributed by atoms with Gasteiger partial charge in [-0.2, -0.15) is 0 Å². The minimum atomic E-state index is 0.626. The first-order valence-electron chi connectivity index (χ1n) is 7.35. The molecular weight excluding hydrogens is 264 g/mol. The second-order valence-electron chi connectivity index (χ2n) is 4.63. The molecule has 2 rings (SSSR count). The lowest BCUT2D eigenvalue weighted by Gasteiger charge is -2.08. The van der Waals surface area contributed by atoms with Crippen LogP contribution >= 0.6 is 0 Å². The van der Waals surface area contributed by atoms with E-state index in [1.807, 2.05) is 42.5 Å². The molecule has 1 aromatic carbocycles. The molecule has 1 heterocycles. The molecule has 0 amide bonds. The third-order valence-corrected chi connectivity index (χ3v) is 2.92. The van der Waals surface area contributed by atoms with Crippen molar-refractivity contribution in [3.63, 3.8) is 0 Å². The summed E-state index contributed by atoms with van der Waals surface area (Å²) in [7, 11) is 0. The molecule has 0 radical (unpaired) electrons. The number of rotatable bonds is 9. The fourth-order valence-corrected chi connectivity index (χ4v) is 1.81. The van der Waals surface area contributed by atoms with Crippen LogP contribution in [0.2, 0.25) is 0 Å². The maximum absolute atomic E-state index is 5.64. The maximum Gasteiger partial charge on any atom is 0.137 e. The minimum absolute atomic E-state index is 0.626. The topological polar surface area (TPSA) is 43.4 Å². The smallest absolute Gasteiger partial charge is 0.137 e. The van der Waals surface area contributed by atoms with E-state index in [-0.39, 0.29) is 0 Å². The Morgan fingerprint density at radius 3 is 2.38 bits per heavy atom. The second kappa shape index (κ2) is 8.97. The molecule has 0 atom stereocenters. The Morgan fingerprint density at radius 2 is 1.71 bits per heavy atom. The van der Waals surface area contributed by atoms with Crippen molar-refractivity contribution in [2.24, 2.45) is 0 Å². The van der Waals surface area contributed by atoms with E-state index in [4.69, 9.17) is 9.47 Å². The van der Waals surface area contributed by atoms with E-state index in [9.17, 15) is 0 Å². The summed E-state index contributed by atoms with van der Waals surface area (Å²) in [6, 6.07) is 13.7. The van der Waals surface area contributed by atoms with Gasteiger partial charge in [0.2, 0.25) is 0 Å². The summed E-state index contributed by atoms with van der Waals surface area (Å²) in [6.45, 7) is 5.09. The average Bonchev–Trinajstić information content (AvgIpc) is 2.55. The van der Waals surface area contributed by atoms with E-state index in [1.165, 1.54) is 0 Å². The lowest BCUT2D eigenvalue weighted by atomic mass is 10.3. The Balaban J connectivity index is 1.62. The van der Waals surface area contributed by atoms with Gasteiger partial charge in [0.05, 0.1) is 25.1 Å². The second-order valence-corrected chi connectivity index (χ2v) is 4.63. The summed E-state index contributed by atoms with van der Waals surface area (Å²) in [4.78, 5) is 4.34. The molecule has 0 spiro atoms. The summed E-state index contributed by atoms with van der Waals surface area (Å²) >= 11 is 0. The average molecular weight is 286 g/mol. The number of hydrogen-bond acceptors (Lipinski definition) is 4. The number of benzene rings is 1. The highest BCUT2D eigenvalue weighted by atomic mass is 16.5. The molecule has 21 heavy (non-hydrogen) atoms. The number of aromatic nitrogens is 1. The molecule has 4 heteroatoms. The van der Waals surface area contributed by atoms with Gasteiger partial charge in [-0.05, 0) is 30.8 Å². The Morgan fingerprint density at radius 1 is 0.952 bits per heavy atom. The maximum atomic E-state index is 5.64. The van der Waals surface area contributed by atoms with Crippen molar-refractivity contribution >= 4 is 0 Å². The lowest BCUT2D eigenvalue weighted by molar-refractivity contribution is 0.247. The van der Waals surface area contributed by atoms with Crippen LogP contribution in [0, 0.1) is 0 Å². The standard InChI is InChI=1S/C17H22N2O2/c1-2-18-13-15-9-10-17(14-19-15)21-12-6-11-20-16-7-4-3-5-8-16/h3-5,7-10,14,18H,2,6,11-13H2,1H3. The molecule has 0 saturated carbocycles. The van der Waals surface area contributed by atoms with Gasteiger partial charge < -0.3 is 14.8 Å². The molecule has 0 aliphatic heterocycles. The van der Waals surface area contributed by atoms with E-state index in [0.717, 1.165) is 36.7 Å². The zero-order chi connectivity index (χ0) is 14.8. The summed E-state index contributed by atoms with van der Waals surface area (Å²) < 4.78 is 11.2. The van der Waals surface area contributed by atoms with Gasteiger partial charge >= 0.3 is 0 Å². The third kappa shape index (κ3) is 5.83. The van der Waals surface area contributed by atoms with Crippen molar-refractivity contribution < 1.29 is 9.47 Å². The van der Waals surface area contributed by atoms with Crippen molar-refractivity contribution in [1.29, 1.82) is 0 Å². The number of hydrogen-bond donors (Lipinski definition) is 1. The molecule has 0 aliphatic carbocycles. The van der Waals surface area contributed by atoms with Crippen LogP contribution < -0.4 is 14.8 Å². The molecule has 4 nitrogen and oxygen atoms in total. The fraction of sp³-hybridized carbons (Fsp3) is 0.353. The fourth-order valence-electron chi connectivity index (χ4n) is 1.81. The van der Waals surface area contributed by atoms with E-state index in [0.29, 0.717) is 13.2 Å². The predicted octanol–water partition coefficient (Wildman–Crippen LogP) is 3.04. The van der Waals surface area contributed by atoms with E-state index in [2.05, 4.69) is 17.2 Å². The summed E-state index contributed by atoms with van der Waals surface area (Å²) in [5.74, 6) is 1.70. The van der Waals surface area contributed by atoms with Crippen LogP contribution in [-0.4, -0.2) is 24.7 Å². The van der Waals surface area contributed by atoms with Crippen LogP contribution in [0.1, 0.15) is 19.0 Å². The Hall–Kier alpha value is -2.07. The number of pyridine rings is 1. The van der Waals surface area contributed by atoms with Crippen LogP contribution in [0.25, 0.3) is 0 Å². The number of nitrogens with zero attached hydrogens (tertiary/aromatic N) is 1. The van der Waals surface area contributed by atoms with E-state index >= 15 is 0 Å².